The van der Waals surface area contributed by atoms with E-state index in [1.165, 1.54) is 7.11 Å². The number of allylic oxidation sites excluding steroid dienone is 4. The van der Waals surface area contributed by atoms with Gasteiger partial charge in [0, 0.05) is 12.1 Å². The van der Waals surface area contributed by atoms with Crippen LogP contribution in [-0.2, 0) is 4.74 Å². The smallest absolute Gasteiger partial charge is 0.339 e. The third-order valence-electron chi connectivity index (χ3n) is 4.39. The molecule has 0 bridgehead atoms. The lowest BCUT2D eigenvalue weighted by atomic mass is 9.93. The summed E-state index contributed by atoms with van der Waals surface area (Å²) in [6.07, 6.45) is 12.6. The van der Waals surface area contributed by atoms with Crippen LogP contribution >= 0.6 is 0 Å². The van der Waals surface area contributed by atoms with Crippen LogP contribution in [0.3, 0.4) is 0 Å². The molecule has 0 radical (unpaired) electrons. The molecule has 6 heteroatoms. The van der Waals surface area contributed by atoms with Gasteiger partial charge in [-0.1, -0.05) is 29.5 Å². The van der Waals surface area contributed by atoms with Crippen molar-refractivity contribution in [1.29, 1.82) is 0 Å². The number of pyridine rings is 1. The third kappa shape index (κ3) is 2.55. The molecule has 1 unspecified atom stereocenters. The predicted octanol–water partition coefficient (Wildman–Crippen LogP) is 3.68. The summed E-state index contributed by atoms with van der Waals surface area (Å²) >= 11 is 0. The maximum absolute atomic E-state index is 11.9. The summed E-state index contributed by atoms with van der Waals surface area (Å²) in [5.74, 6) is 1.17. The van der Waals surface area contributed by atoms with E-state index >= 15 is 0 Å². The number of fused-ring (bicyclic) bond motifs is 1. The van der Waals surface area contributed by atoms with Crippen LogP contribution < -0.4 is 0 Å². The number of methoxy groups -OCH3 is 1. The van der Waals surface area contributed by atoms with Gasteiger partial charge in [0.2, 0.25) is 0 Å². The molecule has 0 aromatic carbocycles. The largest absolute Gasteiger partial charge is 0.465 e. The van der Waals surface area contributed by atoms with E-state index in [4.69, 9.17) is 9.26 Å². The van der Waals surface area contributed by atoms with Crippen LogP contribution in [0.4, 0.5) is 0 Å². The Kier molecular flexibility index (Phi) is 3.72. The van der Waals surface area contributed by atoms with Crippen molar-refractivity contribution in [2.24, 2.45) is 0 Å². The number of aryl methyl sites for hydroxylation is 1. The summed E-state index contributed by atoms with van der Waals surface area (Å²) in [5, 5.41) is 4.27. The maximum Gasteiger partial charge on any atom is 0.339 e. The van der Waals surface area contributed by atoms with Crippen molar-refractivity contribution >= 4 is 11.5 Å². The molecule has 1 aliphatic carbocycles. The Balaban J connectivity index is 1.87. The number of rotatable bonds is 3. The summed E-state index contributed by atoms with van der Waals surface area (Å²) in [5.41, 5.74) is 3.07. The van der Waals surface area contributed by atoms with Crippen molar-refractivity contribution in [2.45, 2.75) is 19.3 Å². The van der Waals surface area contributed by atoms with E-state index < -0.39 is 0 Å². The lowest BCUT2D eigenvalue weighted by Gasteiger charge is -2.11. The number of hydrogen-bond donors (Lipinski definition) is 0. The van der Waals surface area contributed by atoms with Gasteiger partial charge >= 0.3 is 5.97 Å². The van der Waals surface area contributed by atoms with Crippen LogP contribution in [0.25, 0.3) is 16.9 Å². The van der Waals surface area contributed by atoms with Gasteiger partial charge in [-0.25, -0.2) is 9.78 Å². The fraction of sp³-hybridized carbons (Fsp3) is 0.211. The van der Waals surface area contributed by atoms with Crippen molar-refractivity contribution in [3.05, 3.63) is 65.8 Å². The first-order valence-electron chi connectivity index (χ1n) is 8.04. The van der Waals surface area contributed by atoms with Crippen molar-refractivity contribution in [2.75, 3.05) is 7.11 Å². The Labute approximate surface area is 144 Å². The average molecular weight is 335 g/mol. The average Bonchev–Trinajstić information content (AvgIpc) is 3.24. The number of aromatic nitrogens is 3. The zero-order chi connectivity index (χ0) is 17.4. The number of esters is 1. The highest BCUT2D eigenvalue weighted by Crippen LogP contribution is 2.35. The quantitative estimate of drug-likeness (QED) is 0.683. The van der Waals surface area contributed by atoms with Gasteiger partial charge in [-0.15, -0.1) is 0 Å². The molecule has 1 atom stereocenters. The highest BCUT2D eigenvalue weighted by molar-refractivity contribution is 5.89. The third-order valence-corrected chi connectivity index (χ3v) is 4.39. The van der Waals surface area contributed by atoms with Gasteiger partial charge in [-0.05, 0) is 25.5 Å². The van der Waals surface area contributed by atoms with E-state index in [1.54, 1.807) is 18.5 Å². The zero-order valence-electron chi connectivity index (χ0n) is 14.0. The zero-order valence-corrected chi connectivity index (χ0v) is 14.0. The first kappa shape index (κ1) is 15.4. The van der Waals surface area contributed by atoms with Gasteiger partial charge in [0.1, 0.15) is 17.3 Å². The Morgan fingerprint density at radius 3 is 3.00 bits per heavy atom. The van der Waals surface area contributed by atoms with Gasteiger partial charge in [-0.2, -0.15) is 0 Å². The molecule has 0 saturated heterocycles. The Hall–Kier alpha value is -3.15. The fourth-order valence-electron chi connectivity index (χ4n) is 3.11. The minimum absolute atomic E-state index is 0.147. The van der Waals surface area contributed by atoms with E-state index in [9.17, 15) is 4.79 Å². The molecule has 3 aromatic heterocycles. The van der Waals surface area contributed by atoms with E-state index in [1.807, 2.05) is 29.5 Å². The van der Waals surface area contributed by atoms with Crippen LogP contribution in [0.2, 0.25) is 0 Å². The van der Waals surface area contributed by atoms with Crippen molar-refractivity contribution in [3.63, 3.8) is 0 Å². The molecule has 4 rings (SSSR count). The van der Waals surface area contributed by atoms with Crippen molar-refractivity contribution in [3.8, 4) is 11.4 Å². The minimum Gasteiger partial charge on any atom is -0.465 e. The van der Waals surface area contributed by atoms with Crippen LogP contribution in [-0.4, -0.2) is 27.6 Å². The second-order valence-electron chi connectivity index (χ2n) is 5.94. The van der Waals surface area contributed by atoms with Crippen molar-refractivity contribution < 1.29 is 14.1 Å². The molecule has 0 saturated carbocycles. The Morgan fingerprint density at radius 1 is 1.36 bits per heavy atom. The van der Waals surface area contributed by atoms with Gasteiger partial charge in [-0.3, -0.25) is 4.40 Å². The van der Waals surface area contributed by atoms with E-state index in [0.717, 1.165) is 23.2 Å². The van der Waals surface area contributed by atoms with E-state index in [0.29, 0.717) is 17.1 Å². The highest BCUT2D eigenvalue weighted by atomic mass is 16.5. The SMILES string of the molecule is COC(=O)c1ccc2cnc(-c3c(C4C=CC=CC4)noc3C)n2c1. The summed E-state index contributed by atoms with van der Waals surface area (Å²) in [6, 6.07) is 3.57. The molecule has 1 aliphatic rings. The Morgan fingerprint density at radius 2 is 2.24 bits per heavy atom. The monoisotopic (exact) mass is 335 g/mol. The molecular weight excluding hydrogens is 318 g/mol. The lowest BCUT2D eigenvalue weighted by Crippen LogP contribution is -2.04. The molecule has 0 aliphatic heterocycles. The summed E-state index contributed by atoms with van der Waals surface area (Å²) < 4.78 is 12.2. The first-order chi connectivity index (χ1) is 12.2. The molecule has 6 nitrogen and oxygen atoms in total. The van der Waals surface area contributed by atoms with Crippen LogP contribution in [0.1, 0.15) is 34.2 Å². The van der Waals surface area contributed by atoms with Gasteiger partial charge < -0.3 is 9.26 Å². The summed E-state index contributed by atoms with van der Waals surface area (Å²) in [4.78, 5) is 16.4. The topological polar surface area (TPSA) is 69.6 Å². The molecule has 0 amide bonds. The number of imidazole rings is 1. The molecule has 3 heterocycles. The van der Waals surface area contributed by atoms with Crippen LogP contribution in [0.5, 0.6) is 0 Å². The molecular formula is C19H17N3O3. The molecule has 0 fully saturated rings. The number of carbonyl (C=O) groups excluding carboxylic acids is 1. The van der Waals surface area contributed by atoms with Crippen molar-refractivity contribution in [1.82, 2.24) is 14.5 Å². The first-order valence-corrected chi connectivity index (χ1v) is 8.04. The fourth-order valence-corrected chi connectivity index (χ4v) is 3.11. The maximum atomic E-state index is 11.9. The number of nitrogens with zero attached hydrogens (tertiary/aromatic N) is 3. The second kappa shape index (κ2) is 6.05. The highest BCUT2D eigenvalue weighted by Gasteiger charge is 2.24. The standard InChI is InChI=1S/C19H17N3O3/c1-12-16(17(21-25-12)13-6-4-3-5-7-13)18-20-10-15-9-8-14(11-22(15)18)19(23)24-2/h3-6,8-11,13H,7H2,1-2H3. The Bertz CT molecular complexity index is 1010. The molecule has 0 N–H and O–H groups in total. The number of hydrogen-bond acceptors (Lipinski definition) is 5. The van der Waals surface area contributed by atoms with E-state index in [-0.39, 0.29) is 11.9 Å². The summed E-state index contributed by atoms with van der Waals surface area (Å²) in [7, 11) is 1.37. The normalized spacial score (nSPS) is 16.5. The van der Waals surface area contributed by atoms with Gasteiger partial charge in [0.25, 0.3) is 0 Å². The van der Waals surface area contributed by atoms with Gasteiger partial charge in [0.15, 0.2) is 0 Å². The van der Waals surface area contributed by atoms with Crippen LogP contribution in [0, 0.1) is 6.92 Å². The van der Waals surface area contributed by atoms with Gasteiger partial charge in [0.05, 0.1) is 30.0 Å². The summed E-state index contributed by atoms with van der Waals surface area (Å²) in [6.45, 7) is 1.87. The molecule has 0 spiro atoms. The lowest BCUT2D eigenvalue weighted by molar-refractivity contribution is 0.0600. The predicted molar refractivity (Wildman–Crippen MR) is 92.4 cm³/mol. The molecule has 25 heavy (non-hydrogen) atoms. The minimum atomic E-state index is -0.385. The molecule has 3 aromatic rings. The number of ether oxygens (including phenoxy) is 1. The second-order valence-corrected chi connectivity index (χ2v) is 5.94. The molecule has 126 valence electrons. The van der Waals surface area contributed by atoms with Crippen LogP contribution in [0.15, 0.2) is 53.4 Å². The van der Waals surface area contributed by atoms with E-state index in [2.05, 4.69) is 22.3 Å². The number of carbonyl (C=O) groups is 1.